The number of halogens is 3. The van der Waals surface area contributed by atoms with E-state index in [1.165, 1.54) is 6.92 Å². The van der Waals surface area contributed by atoms with E-state index in [1.54, 1.807) is 18.2 Å². The molecule has 21 heavy (non-hydrogen) atoms. The van der Waals surface area contributed by atoms with Crippen molar-refractivity contribution in [2.45, 2.75) is 32.5 Å². The molecule has 5 heteroatoms. The predicted octanol–water partition coefficient (Wildman–Crippen LogP) is 3.97. The lowest BCUT2D eigenvalue weighted by molar-refractivity contribution is -0.140. The van der Waals surface area contributed by atoms with E-state index >= 15 is 0 Å². The van der Waals surface area contributed by atoms with Crippen LogP contribution >= 0.6 is 0 Å². The predicted molar refractivity (Wildman–Crippen MR) is 73.8 cm³/mol. The molecule has 0 radical (unpaired) electrons. The molecule has 1 atom stereocenters. The van der Waals surface area contributed by atoms with Gasteiger partial charge in [0.25, 0.3) is 0 Å². The third-order valence-corrected chi connectivity index (χ3v) is 3.72. The summed E-state index contributed by atoms with van der Waals surface area (Å²) < 4.78 is 39.3. The summed E-state index contributed by atoms with van der Waals surface area (Å²) in [6.45, 7) is 5.10. The second-order valence-corrected chi connectivity index (χ2v) is 5.29. The summed E-state index contributed by atoms with van der Waals surface area (Å²) in [7, 11) is 0. The number of rotatable bonds is 2. The first kappa shape index (κ1) is 15.5. The molecule has 1 N–H and O–H groups in total. The Balaban J connectivity index is 2.61. The van der Waals surface area contributed by atoms with Crippen LogP contribution in [0.15, 0.2) is 36.7 Å². The van der Waals surface area contributed by atoms with Crippen molar-refractivity contribution in [2.75, 3.05) is 0 Å². The van der Waals surface area contributed by atoms with Gasteiger partial charge in [0.2, 0.25) is 0 Å². The molecule has 1 heterocycles. The normalized spacial score (nSPS) is 14.8. The lowest BCUT2D eigenvalue weighted by Crippen LogP contribution is -2.27. The Kier molecular flexibility index (Phi) is 3.80. The Hall–Kier alpha value is -1.88. The summed E-state index contributed by atoms with van der Waals surface area (Å²) in [4.78, 5) is 3.73. The van der Waals surface area contributed by atoms with Crippen molar-refractivity contribution in [3.63, 3.8) is 0 Å². The van der Waals surface area contributed by atoms with E-state index in [4.69, 9.17) is 0 Å². The first-order chi connectivity index (χ1) is 9.64. The van der Waals surface area contributed by atoms with Crippen molar-refractivity contribution >= 4 is 0 Å². The molecule has 1 aromatic heterocycles. The van der Waals surface area contributed by atoms with Crippen LogP contribution in [0.4, 0.5) is 13.2 Å². The van der Waals surface area contributed by atoms with Crippen LogP contribution in [0.1, 0.15) is 34.7 Å². The maximum Gasteiger partial charge on any atom is 0.416 e. The molecule has 0 spiro atoms. The van der Waals surface area contributed by atoms with Crippen LogP contribution in [0.2, 0.25) is 0 Å². The molecule has 0 aliphatic carbocycles. The van der Waals surface area contributed by atoms with Crippen molar-refractivity contribution in [2.24, 2.45) is 0 Å². The summed E-state index contributed by atoms with van der Waals surface area (Å²) in [6, 6.07) is 5.99. The van der Waals surface area contributed by atoms with E-state index in [0.29, 0.717) is 5.56 Å². The van der Waals surface area contributed by atoms with Crippen LogP contribution in [0, 0.1) is 13.8 Å². The van der Waals surface area contributed by atoms with Gasteiger partial charge in [-0.2, -0.15) is 13.2 Å². The standard InChI is InChI=1S/C16H16F3NO/c1-10-4-5-12(8-11(10)2)15(3,21)14-9-20-7-6-13(14)16(17,18)19/h4-9,21H,1-3H3. The number of aliphatic hydroxyl groups is 1. The molecule has 1 aromatic carbocycles. The lowest BCUT2D eigenvalue weighted by Gasteiger charge is -2.27. The van der Waals surface area contributed by atoms with Gasteiger partial charge in [-0.15, -0.1) is 0 Å². The molecule has 0 aliphatic heterocycles. The maximum absolute atomic E-state index is 13.1. The van der Waals surface area contributed by atoms with Gasteiger partial charge in [0.1, 0.15) is 5.60 Å². The zero-order valence-corrected chi connectivity index (χ0v) is 12.0. The molecule has 0 fully saturated rings. The van der Waals surface area contributed by atoms with E-state index in [-0.39, 0.29) is 5.56 Å². The SMILES string of the molecule is Cc1ccc(C(C)(O)c2cnccc2C(F)(F)F)cc1C. The molecule has 2 rings (SSSR count). The third kappa shape index (κ3) is 2.93. The first-order valence-corrected chi connectivity index (χ1v) is 6.46. The second kappa shape index (κ2) is 5.15. The molecule has 0 saturated heterocycles. The lowest BCUT2D eigenvalue weighted by atomic mass is 9.85. The Morgan fingerprint density at radius 2 is 1.67 bits per heavy atom. The number of pyridine rings is 1. The van der Waals surface area contributed by atoms with Gasteiger partial charge in [0, 0.05) is 18.0 Å². The number of hydrogen-bond donors (Lipinski definition) is 1. The van der Waals surface area contributed by atoms with Gasteiger partial charge in [-0.25, -0.2) is 0 Å². The number of aryl methyl sites for hydroxylation is 2. The molecule has 0 amide bonds. The monoisotopic (exact) mass is 295 g/mol. The topological polar surface area (TPSA) is 33.1 Å². The Morgan fingerprint density at radius 3 is 2.24 bits per heavy atom. The fourth-order valence-electron chi connectivity index (χ4n) is 2.23. The smallest absolute Gasteiger partial charge is 0.381 e. The molecule has 0 aliphatic rings. The van der Waals surface area contributed by atoms with Gasteiger partial charge in [-0.05, 0) is 43.5 Å². The quantitative estimate of drug-likeness (QED) is 0.909. The first-order valence-electron chi connectivity index (χ1n) is 6.46. The zero-order chi connectivity index (χ0) is 15.8. The highest BCUT2D eigenvalue weighted by molar-refractivity contribution is 5.42. The average Bonchev–Trinajstić information content (AvgIpc) is 2.41. The van der Waals surface area contributed by atoms with E-state index in [0.717, 1.165) is 29.6 Å². The Bertz CT molecular complexity index is 663. The fraction of sp³-hybridized carbons (Fsp3) is 0.312. The van der Waals surface area contributed by atoms with Gasteiger partial charge < -0.3 is 5.11 Å². The van der Waals surface area contributed by atoms with Crippen LogP contribution in [-0.2, 0) is 11.8 Å². The molecule has 2 nitrogen and oxygen atoms in total. The van der Waals surface area contributed by atoms with Crippen molar-refractivity contribution in [1.29, 1.82) is 0 Å². The molecule has 1 unspecified atom stereocenters. The molecular weight excluding hydrogens is 279 g/mol. The van der Waals surface area contributed by atoms with Gasteiger partial charge in [0.15, 0.2) is 0 Å². The highest BCUT2D eigenvalue weighted by Crippen LogP contribution is 2.39. The van der Waals surface area contributed by atoms with E-state index in [1.807, 2.05) is 13.8 Å². The van der Waals surface area contributed by atoms with E-state index in [2.05, 4.69) is 4.98 Å². The van der Waals surface area contributed by atoms with Gasteiger partial charge >= 0.3 is 6.18 Å². The summed E-state index contributed by atoms with van der Waals surface area (Å²) in [5, 5.41) is 10.7. The van der Waals surface area contributed by atoms with Crippen LogP contribution < -0.4 is 0 Å². The zero-order valence-electron chi connectivity index (χ0n) is 12.0. The minimum atomic E-state index is -4.54. The number of aromatic nitrogens is 1. The van der Waals surface area contributed by atoms with Crippen LogP contribution in [-0.4, -0.2) is 10.1 Å². The van der Waals surface area contributed by atoms with Gasteiger partial charge in [-0.3, -0.25) is 4.98 Å². The summed E-state index contributed by atoms with van der Waals surface area (Å²) in [6.07, 6.45) is -2.40. The Labute approximate surface area is 121 Å². The summed E-state index contributed by atoms with van der Waals surface area (Å²) >= 11 is 0. The highest BCUT2D eigenvalue weighted by Gasteiger charge is 2.39. The fourth-order valence-corrected chi connectivity index (χ4v) is 2.23. The third-order valence-electron chi connectivity index (χ3n) is 3.72. The number of benzene rings is 1. The second-order valence-electron chi connectivity index (χ2n) is 5.29. The molecular formula is C16H16F3NO. The summed E-state index contributed by atoms with van der Waals surface area (Å²) in [5.74, 6) is 0. The molecule has 0 bridgehead atoms. The molecule has 2 aromatic rings. The summed E-state index contributed by atoms with van der Waals surface area (Å²) in [5.41, 5.74) is -0.565. The number of hydrogen-bond acceptors (Lipinski definition) is 2. The molecule has 112 valence electrons. The van der Waals surface area contributed by atoms with Gasteiger partial charge in [-0.1, -0.05) is 18.2 Å². The van der Waals surface area contributed by atoms with Crippen molar-refractivity contribution in [3.05, 3.63) is 64.5 Å². The van der Waals surface area contributed by atoms with E-state index < -0.39 is 17.3 Å². The van der Waals surface area contributed by atoms with Crippen molar-refractivity contribution < 1.29 is 18.3 Å². The van der Waals surface area contributed by atoms with Crippen LogP contribution in [0.3, 0.4) is 0 Å². The maximum atomic E-state index is 13.1. The van der Waals surface area contributed by atoms with Gasteiger partial charge in [0.05, 0.1) is 5.56 Å². The minimum absolute atomic E-state index is 0.249. The minimum Gasteiger partial charge on any atom is -0.381 e. The largest absolute Gasteiger partial charge is 0.416 e. The van der Waals surface area contributed by atoms with Crippen molar-refractivity contribution in [3.8, 4) is 0 Å². The number of alkyl halides is 3. The van der Waals surface area contributed by atoms with Crippen LogP contribution in [0.25, 0.3) is 0 Å². The van der Waals surface area contributed by atoms with Crippen molar-refractivity contribution in [1.82, 2.24) is 4.98 Å². The van der Waals surface area contributed by atoms with E-state index in [9.17, 15) is 18.3 Å². The molecule has 0 saturated carbocycles. The highest BCUT2D eigenvalue weighted by atomic mass is 19.4. The number of nitrogens with zero attached hydrogens (tertiary/aromatic N) is 1. The van der Waals surface area contributed by atoms with Crippen LogP contribution in [0.5, 0.6) is 0 Å². The average molecular weight is 295 g/mol. The Morgan fingerprint density at radius 1 is 1.00 bits per heavy atom.